The van der Waals surface area contributed by atoms with Crippen LogP contribution in [0.4, 0.5) is 0 Å². The van der Waals surface area contributed by atoms with E-state index in [2.05, 4.69) is 26.0 Å². The molecule has 0 aromatic heterocycles. The minimum atomic E-state index is -0.886. The van der Waals surface area contributed by atoms with E-state index in [-0.39, 0.29) is 12.4 Å². The average molecular weight is 537 g/mol. The van der Waals surface area contributed by atoms with E-state index in [1.54, 1.807) is 0 Å². The largest absolute Gasteiger partial charge is 0.481 e. The summed E-state index contributed by atoms with van der Waals surface area (Å²) < 4.78 is 5.49. The quantitative estimate of drug-likeness (QED) is 0.0563. The van der Waals surface area contributed by atoms with Gasteiger partial charge in [-0.3, -0.25) is 9.59 Å². The van der Waals surface area contributed by atoms with E-state index in [9.17, 15) is 9.59 Å². The number of hydrogen-bond donors (Lipinski definition) is 1. The van der Waals surface area contributed by atoms with Crippen LogP contribution in [-0.2, 0) is 14.3 Å². The molecular formula is C34H64O4. The first kappa shape index (κ1) is 36.7. The Morgan fingerprint density at radius 1 is 0.579 bits per heavy atom. The number of carboxylic acid groups (broad SMARTS) is 1. The molecule has 0 spiro atoms. The van der Waals surface area contributed by atoms with E-state index < -0.39 is 12.1 Å². The van der Waals surface area contributed by atoms with Crippen LogP contribution in [0.1, 0.15) is 187 Å². The molecule has 0 aromatic carbocycles. The number of aliphatic carboxylic acids is 1. The molecule has 0 aliphatic carbocycles. The van der Waals surface area contributed by atoms with Crippen LogP contribution >= 0.6 is 0 Å². The van der Waals surface area contributed by atoms with Gasteiger partial charge in [0.05, 0.1) is 6.42 Å². The van der Waals surface area contributed by atoms with Gasteiger partial charge in [-0.2, -0.15) is 0 Å². The van der Waals surface area contributed by atoms with Crippen molar-refractivity contribution in [2.45, 2.75) is 193 Å². The summed E-state index contributed by atoms with van der Waals surface area (Å²) >= 11 is 0. The first-order valence-corrected chi connectivity index (χ1v) is 16.7. The summed E-state index contributed by atoms with van der Waals surface area (Å²) in [5.74, 6) is -1.11. The maximum Gasteiger partial charge on any atom is 0.307 e. The van der Waals surface area contributed by atoms with Crippen molar-refractivity contribution in [2.24, 2.45) is 0 Å². The molecule has 0 aliphatic rings. The highest BCUT2D eigenvalue weighted by Gasteiger charge is 2.17. The Balaban J connectivity index is 3.48. The Bertz CT molecular complexity index is 543. The fraction of sp³-hybridized carbons (Fsp3) is 0.882. The molecule has 1 unspecified atom stereocenters. The lowest BCUT2D eigenvalue weighted by Gasteiger charge is -2.16. The van der Waals surface area contributed by atoms with Gasteiger partial charge in [-0.05, 0) is 44.9 Å². The third-order valence-electron chi connectivity index (χ3n) is 7.47. The van der Waals surface area contributed by atoms with Gasteiger partial charge in [0.1, 0.15) is 6.10 Å². The van der Waals surface area contributed by atoms with Crippen molar-refractivity contribution in [1.82, 2.24) is 0 Å². The highest BCUT2D eigenvalue weighted by atomic mass is 16.5. The average Bonchev–Trinajstić information content (AvgIpc) is 2.89. The Morgan fingerprint density at radius 3 is 1.42 bits per heavy atom. The lowest BCUT2D eigenvalue weighted by Crippen LogP contribution is -2.21. The summed E-state index contributed by atoms with van der Waals surface area (Å²) in [4.78, 5) is 23.2. The number of carbonyl (C=O) groups excluding carboxylic acids is 1. The Labute approximate surface area is 236 Å². The highest BCUT2D eigenvalue weighted by Crippen LogP contribution is 2.16. The Kier molecular flexibility index (Phi) is 29.2. The molecular weight excluding hydrogens is 472 g/mol. The lowest BCUT2D eigenvalue weighted by atomic mass is 10.0. The first-order valence-electron chi connectivity index (χ1n) is 16.7. The van der Waals surface area contributed by atoms with E-state index in [0.717, 1.165) is 25.7 Å². The van der Waals surface area contributed by atoms with Crippen molar-refractivity contribution in [3.8, 4) is 0 Å². The number of hydrogen-bond acceptors (Lipinski definition) is 3. The van der Waals surface area contributed by atoms with Gasteiger partial charge in [-0.25, -0.2) is 0 Å². The van der Waals surface area contributed by atoms with Crippen molar-refractivity contribution in [2.75, 3.05) is 0 Å². The van der Waals surface area contributed by atoms with Gasteiger partial charge >= 0.3 is 11.9 Å². The zero-order valence-corrected chi connectivity index (χ0v) is 25.5. The molecule has 38 heavy (non-hydrogen) atoms. The molecule has 224 valence electrons. The highest BCUT2D eigenvalue weighted by molar-refractivity contribution is 5.71. The number of unbranched alkanes of at least 4 members (excludes halogenated alkanes) is 21. The number of esters is 1. The molecule has 0 aromatic rings. The summed E-state index contributed by atoms with van der Waals surface area (Å²) in [7, 11) is 0. The molecule has 0 fully saturated rings. The fourth-order valence-corrected chi connectivity index (χ4v) is 5.02. The number of carboxylic acids is 1. The van der Waals surface area contributed by atoms with E-state index >= 15 is 0 Å². The molecule has 1 atom stereocenters. The Morgan fingerprint density at radius 2 is 0.974 bits per heavy atom. The molecule has 0 bridgehead atoms. The van der Waals surface area contributed by atoms with Gasteiger partial charge in [0.25, 0.3) is 0 Å². The number of ether oxygens (including phenoxy) is 1. The molecule has 0 saturated heterocycles. The normalized spacial score (nSPS) is 12.3. The van der Waals surface area contributed by atoms with E-state index in [1.165, 1.54) is 128 Å². The topological polar surface area (TPSA) is 63.6 Å². The van der Waals surface area contributed by atoms with Gasteiger partial charge in [0, 0.05) is 6.42 Å². The minimum absolute atomic E-state index is 0.0735. The van der Waals surface area contributed by atoms with Crippen LogP contribution in [0.2, 0.25) is 0 Å². The van der Waals surface area contributed by atoms with Crippen molar-refractivity contribution >= 4 is 11.9 Å². The molecule has 0 aliphatic heterocycles. The van der Waals surface area contributed by atoms with Crippen LogP contribution in [0.5, 0.6) is 0 Å². The maximum atomic E-state index is 12.2. The molecule has 1 N–H and O–H groups in total. The van der Waals surface area contributed by atoms with Gasteiger partial charge in [0.2, 0.25) is 0 Å². The summed E-state index contributed by atoms with van der Waals surface area (Å²) in [6, 6.07) is 0. The van der Waals surface area contributed by atoms with Crippen LogP contribution < -0.4 is 0 Å². The van der Waals surface area contributed by atoms with Crippen molar-refractivity contribution in [3.63, 3.8) is 0 Å². The van der Waals surface area contributed by atoms with Crippen molar-refractivity contribution < 1.29 is 19.4 Å². The van der Waals surface area contributed by atoms with Gasteiger partial charge < -0.3 is 9.84 Å². The second-order valence-corrected chi connectivity index (χ2v) is 11.4. The maximum absolute atomic E-state index is 12.2. The van der Waals surface area contributed by atoms with E-state index in [4.69, 9.17) is 9.84 Å². The van der Waals surface area contributed by atoms with Crippen LogP contribution in [-0.4, -0.2) is 23.1 Å². The molecule has 0 amide bonds. The van der Waals surface area contributed by atoms with Gasteiger partial charge in [0.15, 0.2) is 0 Å². The predicted octanol–water partition coefficient (Wildman–Crippen LogP) is 11.1. The second-order valence-electron chi connectivity index (χ2n) is 11.4. The molecule has 0 radical (unpaired) electrons. The molecule has 0 rings (SSSR count). The third-order valence-corrected chi connectivity index (χ3v) is 7.47. The summed E-state index contributed by atoms with van der Waals surface area (Å²) in [5, 5.41) is 9.10. The molecule has 4 nitrogen and oxygen atoms in total. The lowest BCUT2D eigenvalue weighted by molar-refractivity contribution is -0.153. The van der Waals surface area contributed by atoms with Gasteiger partial charge in [-0.15, -0.1) is 0 Å². The molecule has 4 heteroatoms. The number of carbonyl (C=O) groups is 2. The van der Waals surface area contributed by atoms with Crippen molar-refractivity contribution in [3.05, 3.63) is 12.2 Å². The first-order chi connectivity index (χ1) is 18.6. The van der Waals surface area contributed by atoms with Gasteiger partial charge in [-0.1, -0.05) is 142 Å². The number of allylic oxidation sites excluding steroid dienone is 2. The minimum Gasteiger partial charge on any atom is -0.481 e. The SMILES string of the molecule is CCCCCCCC/C=C\CCCCCCCCCCCCCC(=O)OC(CCCCCCC)CC(=O)O. The van der Waals surface area contributed by atoms with E-state index in [1.807, 2.05) is 0 Å². The third kappa shape index (κ3) is 29.2. The summed E-state index contributed by atoms with van der Waals surface area (Å²) in [6.07, 6.45) is 35.5. The second kappa shape index (κ2) is 30.2. The smallest absolute Gasteiger partial charge is 0.307 e. The summed E-state index contributed by atoms with van der Waals surface area (Å²) in [5.41, 5.74) is 0. The van der Waals surface area contributed by atoms with Crippen LogP contribution in [0, 0.1) is 0 Å². The molecule has 0 heterocycles. The van der Waals surface area contributed by atoms with Crippen LogP contribution in [0.15, 0.2) is 12.2 Å². The number of rotatable bonds is 30. The fourth-order valence-electron chi connectivity index (χ4n) is 5.02. The summed E-state index contributed by atoms with van der Waals surface area (Å²) in [6.45, 7) is 4.45. The van der Waals surface area contributed by atoms with Crippen LogP contribution in [0.3, 0.4) is 0 Å². The van der Waals surface area contributed by atoms with E-state index in [0.29, 0.717) is 12.8 Å². The monoisotopic (exact) mass is 536 g/mol. The predicted molar refractivity (Wildman–Crippen MR) is 163 cm³/mol. The molecule has 0 saturated carbocycles. The zero-order chi connectivity index (χ0) is 27.9. The standard InChI is InChI=1S/C34H64O4/c1-3-5-7-9-10-11-12-13-14-15-16-17-18-19-20-21-22-23-24-26-28-30-34(37)38-32(31-33(35)36)29-27-25-8-6-4-2/h13-14,32H,3-12,15-31H2,1-2H3,(H,35,36)/b14-13-. The van der Waals surface area contributed by atoms with Crippen LogP contribution in [0.25, 0.3) is 0 Å². The zero-order valence-electron chi connectivity index (χ0n) is 25.5. The van der Waals surface area contributed by atoms with Crippen molar-refractivity contribution in [1.29, 1.82) is 0 Å². The Hall–Kier alpha value is -1.32.